The summed E-state index contributed by atoms with van der Waals surface area (Å²) in [7, 11) is 0. The average molecular weight is 224 g/mol. The van der Waals surface area contributed by atoms with Crippen molar-refractivity contribution in [2.45, 2.75) is 58.5 Å². The lowest BCUT2D eigenvalue weighted by atomic mass is 9.98. The molecule has 94 valence electrons. The molecule has 0 unspecified atom stereocenters. The molecule has 1 fully saturated rings. The molecule has 1 aliphatic rings. The lowest BCUT2D eigenvalue weighted by Crippen LogP contribution is -2.50. The molecule has 0 saturated carbocycles. The predicted octanol–water partition coefficient (Wildman–Crippen LogP) is 2.81. The summed E-state index contributed by atoms with van der Waals surface area (Å²) in [5.41, 5.74) is 0.343. The van der Waals surface area contributed by atoms with E-state index in [0.29, 0.717) is 5.54 Å². The van der Waals surface area contributed by atoms with Crippen LogP contribution in [0.4, 0.5) is 0 Å². The molecule has 0 aromatic carbocycles. The van der Waals surface area contributed by atoms with Gasteiger partial charge < -0.3 is 5.32 Å². The molecule has 1 heterocycles. The zero-order valence-electron chi connectivity index (χ0n) is 11.4. The number of likely N-dealkylation sites (tertiary alicyclic amines) is 1. The summed E-state index contributed by atoms with van der Waals surface area (Å²) in [6, 6.07) is 0.740. The Hall–Kier alpha value is -0.340. The van der Waals surface area contributed by atoms with Gasteiger partial charge >= 0.3 is 0 Å². The van der Waals surface area contributed by atoms with Crippen molar-refractivity contribution in [1.82, 2.24) is 10.2 Å². The summed E-state index contributed by atoms with van der Waals surface area (Å²) < 4.78 is 0. The molecule has 1 saturated heterocycles. The van der Waals surface area contributed by atoms with Crippen LogP contribution in [-0.2, 0) is 0 Å². The Bertz CT molecular complexity index is 207. The molecule has 0 radical (unpaired) electrons. The first-order valence-electron chi connectivity index (χ1n) is 6.63. The monoisotopic (exact) mass is 224 g/mol. The average Bonchev–Trinajstić information content (AvgIpc) is 2.24. The van der Waals surface area contributed by atoms with E-state index in [1.54, 1.807) is 0 Å². The van der Waals surface area contributed by atoms with Crippen molar-refractivity contribution in [1.29, 1.82) is 0 Å². The topological polar surface area (TPSA) is 15.3 Å². The van der Waals surface area contributed by atoms with Crippen LogP contribution in [0.5, 0.6) is 0 Å². The number of nitrogens with one attached hydrogen (secondary N) is 1. The summed E-state index contributed by atoms with van der Waals surface area (Å²) in [4.78, 5) is 2.59. The van der Waals surface area contributed by atoms with E-state index < -0.39 is 0 Å². The van der Waals surface area contributed by atoms with Gasteiger partial charge in [0.2, 0.25) is 0 Å². The molecule has 2 heteroatoms. The van der Waals surface area contributed by atoms with E-state index in [9.17, 15) is 0 Å². The summed E-state index contributed by atoms with van der Waals surface area (Å²) in [6.45, 7) is 12.6. The van der Waals surface area contributed by atoms with E-state index in [1.807, 2.05) is 0 Å². The SMILES string of the molecule is C/C=C/CCNC1CCN(C(C)(C)C)CC1. The number of rotatable bonds is 4. The number of allylic oxidation sites excluding steroid dienone is 1. The highest BCUT2D eigenvalue weighted by atomic mass is 15.2. The molecule has 0 aliphatic carbocycles. The number of piperidine rings is 1. The molecule has 1 rings (SSSR count). The molecule has 0 atom stereocenters. The number of nitrogens with zero attached hydrogens (tertiary/aromatic N) is 1. The zero-order valence-corrected chi connectivity index (χ0v) is 11.4. The van der Waals surface area contributed by atoms with Crippen molar-refractivity contribution in [2.24, 2.45) is 0 Å². The highest BCUT2D eigenvalue weighted by Crippen LogP contribution is 2.19. The molecule has 0 amide bonds. The minimum absolute atomic E-state index is 0.343. The second-order valence-electron chi connectivity index (χ2n) is 5.74. The lowest BCUT2D eigenvalue weighted by Gasteiger charge is -2.41. The molecular weight excluding hydrogens is 196 g/mol. The molecule has 0 spiro atoms. The Morgan fingerprint density at radius 3 is 2.38 bits per heavy atom. The van der Waals surface area contributed by atoms with Crippen molar-refractivity contribution < 1.29 is 0 Å². The fraction of sp³-hybridized carbons (Fsp3) is 0.857. The Morgan fingerprint density at radius 2 is 1.88 bits per heavy atom. The second-order valence-corrected chi connectivity index (χ2v) is 5.74. The van der Waals surface area contributed by atoms with Gasteiger partial charge in [0.05, 0.1) is 0 Å². The Kier molecular flexibility index (Phi) is 5.50. The third kappa shape index (κ3) is 4.67. The molecular formula is C14H28N2. The molecule has 1 aliphatic heterocycles. The Balaban J connectivity index is 2.17. The molecule has 2 nitrogen and oxygen atoms in total. The third-order valence-corrected chi connectivity index (χ3v) is 3.42. The van der Waals surface area contributed by atoms with Crippen molar-refractivity contribution in [3.63, 3.8) is 0 Å². The molecule has 1 N–H and O–H groups in total. The Labute approximate surface area is 101 Å². The van der Waals surface area contributed by atoms with E-state index in [4.69, 9.17) is 0 Å². The van der Waals surface area contributed by atoms with Crippen LogP contribution < -0.4 is 5.32 Å². The molecule has 16 heavy (non-hydrogen) atoms. The van der Waals surface area contributed by atoms with E-state index in [-0.39, 0.29) is 0 Å². The summed E-state index contributed by atoms with van der Waals surface area (Å²) in [5.74, 6) is 0. The standard InChI is InChI=1S/C14H28N2/c1-5-6-7-10-15-13-8-11-16(12-9-13)14(2,3)4/h5-6,13,15H,7-12H2,1-4H3/b6-5+. The molecule has 0 aromatic heterocycles. The van der Waals surface area contributed by atoms with E-state index >= 15 is 0 Å². The quantitative estimate of drug-likeness (QED) is 0.583. The van der Waals surface area contributed by atoms with Crippen molar-refractivity contribution in [3.05, 3.63) is 12.2 Å². The first-order chi connectivity index (χ1) is 7.54. The van der Waals surface area contributed by atoms with Gasteiger partial charge in [-0.2, -0.15) is 0 Å². The van der Waals surface area contributed by atoms with Crippen LogP contribution in [0.3, 0.4) is 0 Å². The first kappa shape index (κ1) is 13.7. The lowest BCUT2D eigenvalue weighted by molar-refractivity contribution is 0.0965. The van der Waals surface area contributed by atoms with Gasteiger partial charge in [0.25, 0.3) is 0 Å². The van der Waals surface area contributed by atoms with Crippen LogP contribution in [0.25, 0.3) is 0 Å². The van der Waals surface area contributed by atoms with Crippen LogP contribution in [0.1, 0.15) is 47.0 Å². The Morgan fingerprint density at radius 1 is 1.25 bits per heavy atom. The fourth-order valence-corrected chi connectivity index (χ4v) is 2.29. The van der Waals surface area contributed by atoms with Gasteiger partial charge in [0.15, 0.2) is 0 Å². The maximum absolute atomic E-state index is 3.65. The first-order valence-corrected chi connectivity index (χ1v) is 6.63. The van der Waals surface area contributed by atoms with Crippen molar-refractivity contribution in [3.8, 4) is 0 Å². The van der Waals surface area contributed by atoms with Crippen molar-refractivity contribution >= 4 is 0 Å². The normalized spacial score (nSPS) is 20.8. The van der Waals surface area contributed by atoms with Crippen molar-refractivity contribution in [2.75, 3.05) is 19.6 Å². The van der Waals surface area contributed by atoms with Gasteiger partial charge in [0, 0.05) is 24.7 Å². The zero-order chi connectivity index (χ0) is 12.0. The van der Waals surface area contributed by atoms with Gasteiger partial charge in [-0.15, -0.1) is 0 Å². The van der Waals surface area contributed by atoms with E-state index in [1.165, 1.54) is 25.9 Å². The highest BCUT2D eigenvalue weighted by Gasteiger charge is 2.26. The van der Waals surface area contributed by atoms with E-state index in [0.717, 1.165) is 19.0 Å². The maximum atomic E-state index is 3.65. The van der Waals surface area contributed by atoms with Crippen LogP contribution in [0.15, 0.2) is 12.2 Å². The maximum Gasteiger partial charge on any atom is 0.0125 e. The van der Waals surface area contributed by atoms with Crippen LogP contribution in [0, 0.1) is 0 Å². The number of hydrogen-bond acceptors (Lipinski definition) is 2. The minimum atomic E-state index is 0.343. The van der Waals surface area contributed by atoms with E-state index in [2.05, 4.69) is 50.1 Å². The van der Waals surface area contributed by atoms with Crippen LogP contribution in [-0.4, -0.2) is 36.1 Å². The second kappa shape index (κ2) is 6.41. The molecule has 0 bridgehead atoms. The van der Waals surface area contributed by atoms with Gasteiger partial charge in [-0.05, 0) is 53.5 Å². The highest BCUT2D eigenvalue weighted by molar-refractivity contribution is 4.85. The van der Waals surface area contributed by atoms with Gasteiger partial charge in [-0.3, -0.25) is 4.90 Å². The summed E-state index contributed by atoms with van der Waals surface area (Å²) >= 11 is 0. The smallest absolute Gasteiger partial charge is 0.0125 e. The fourth-order valence-electron chi connectivity index (χ4n) is 2.29. The van der Waals surface area contributed by atoms with Gasteiger partial charge in [-0.25, -0.2) is 0 Å². The number of hydrogen-bond donors (Lipinski definition) is 1. The largest absolute Gasteiger partial charge is 0.314 e. The predicted molar refractivity (Wildman–Crippen MR) is 71.8 cm³/mol. The summed E-state index contributed by atoms with van der Waals surface area (Å²) in [5, 5.41) is 3.65. The minimum Gasteiger partial charge on any atom is -0.314 e. The molecule has 0 aromatic rings. The van der Waals surface area contributed by atoms with Gasteiger partial charge in [0.1, 0.15) is 0 Å². The van der Waals surface area contributed by atoms with Crippen LogP contribution >= 0.6 is 0 Å². The van der Waals surface area contributed by atoms with Gasteiger partial charge in [-0.1, -0.05) is 12.2 Å². The van der Waals surface area contributed by atoms with Crippen LogP contribution in [0.2, 0.25) is 0 Å². The third-order valence-electron chi connectivity index (χ3n) is 3.42. The summed E-state index contributed by atoms with van der Waals surface area (Å²) in [6.07, 6.45) is 8.12.